The van der Waals surface area contributed by atoms with Crippen LogP contribution in [0.3, 0.4) is 0 Å². The van der Waals surface area contributed by atoms with E-state index in [1.807, 2.05) is 31.3 Å². The number of phenolic OH excluding ortho intramolecular Hbond substituents is 2. The summed E-state index contributed by atoms with van der Waals surface area (Å²) >= 11 is 0. The molecular formula is C16H21N3O2. The predicted octanol–water partition coefficient (Wildman–Crippen LogP) is 1.94. The number of rotatable bonds is 5. The largest absolute Gasteiger partial charge is 0.508 e. The van der Waals surface area contributed by atoms with Crippen molar-refractivity contribution in [3.63, 3.8) is 0 Å². The molecule has 0 aliphatic carbocycles. The van der Waals surface area contributed by atoms with Gasteiger partial charge in [-0.1, -0.05) is 12.1 Å². The number of nitrogen functional groups attached to an aromatic ring is 2. The number of nitrogens with zero attached hydrogens (tertiary/aromatic N) is 1. The van der Waals surface area contributed by atoms with Crippen LogP contribution in [0.15, 0.2) is 36.4 Å². The first-order chi connectivity index (χ1) is 9.95. The molecule has 21 heavy (non-hydrogen) atoms. The topological polar surface area (TPSA) is 95.7 Å². The van der Waals surface area contributed by atoms with Crippen LogP contribution in [-0.4, -0.2) is 28.7 Å². The summed E-state index contributed by atoms with van der Waals surface area (Å²) in [6.45, 7) is 1.33. The van der Waals surface area contributed by atoms with Crippen LogP contribution in [0.4, 0.5) is 11.4 Å². The van der Waals surface area contributed by atoms with E-state index in [-0.39, 0.29) is 17.2 Å². The lowest BCUT2D eigenvalue weighted by molar-refractivity contribution is 0.323. The molecule has 0 heterocycles. The van der Waals surface area contributed by atoms with E-state index >= 15 is 0 Å². The molecule has 2 rings (SSSR count). The highest BCUT2D eigenvalue weighted by Gasteiger charge is 2.10. The van der Waals surface area contributed by atoms with Crippen molar-refractivity contribution < 1.29 is 10.2 Å². The van der Waals surface area contributed by atoms with E-state index in [0.717, 1.165) is 18.7 Å². The second-order valence-electron chi connectivity index (χ2n) is 5.27. The van der Waals surface area contributed by atoms with Crippen molar-refractivity contribution in [1.29, 1.82) is 0 Å². The molecule has 0 aliphatic heterocycles. The van der Waals surface area contributed by atoms with Gasteiger partial charge in [0.25, 0.3) is 0 Å². The van der Waals surface area contributed by atoms with Gasteiger partial charge in [0, 0.05) is 30.4 Å². The van der Waals surface area contributed by atoms with Crippen molar-refractivity contribution in [3.05, 3.63) is 47.5 Å². The number of benzene rings is 2. The van der Waals surface area contributed by atoms with Crippen LogP contribution >= 0.6 is 0 Å². The fourth-order valence-electron chi connectivity index (χ4n) is 2.20. The lowest BCUT2D eigenvalue weighted by atomic mass is 10.1. The molecule has 0 spiro atoms. The van der Waals surface area contributed by atoms with Gasteiger partial charge in [0.1, 0.15) is 11.5 Å². The van der Waals surface area contributed by atoms with Crippen molar-refractivity contribution in [1.82, 2.24) is 4.90 Å². The molecule has 0 bridgehead atoms. The SMILES string of the molecule is CN(CCc1ccc(N)cc1)Cc1cc(O)cc(N)c1O. The van der Waals surface area contributed by atoms with Crippen LogP contribution in [0.1, 0.15) is 11.1 Å². The fourth-order valence-corrected chi connectivity index (χ4v) is 2.20. The van der Waals surface area contributed by atoms with E-state index in [9.17, 15) is 10.2 Å². The number of likely N-dealkylation sites (N-methyl/N-ethyl adjacent to an activating group) is 1. The summed E-state index contributed by atoms with van der Waals surface area (Å²) in [6, 6.07) is 10.7. The molecule has 2 aromatic carbocycles. The monoisotopic (exact) mass is 287 g/mol. The molecule has 5 heteroatoms. The van der Waals surface area contributed by atoms with Crippen LogP contribution < -0.4 is 11.5 Å². The molecule has 0 radical (unpaired) electrons. The first-order valence-corrected chi connectivity index (χ1v) is 6.79. The molecule has 0 aromatic heterocycles. The summed E-state index contributed by atoms with van der Waals surface area (Å²) in [5, 5.41) is 19.5. The molecule has 2 aromatic rings. The van der Waals surface area contributed by atoms with Crippen LogP contribution in [-0.2, 0) is 13.0 Å². The number of phenols is 2. The van der Waals surface area contributed by atoms with Crippen LogP contribution in [0.25, 0.3) is 0 Å². The Hall–Kier alpha value is -2.40. The Morgan fingerprint density at radius 3 is 2.38 bits per heavy atom. The first kappa shape index (κ1) is 15.0. The van der Waals surface area contributed by atoms with E-state index in [0.29, 0.717) is 12.1 Å². The van der Waals surface area contributed by atoms with Crippen LogP contribution in [0.2, 0.25) is 0 Å². The first-order valence-electron chi connectivity index (χ1n) is 6.79. The summed E-state index contributed by atoms with van der Waals surface area (Å²) < 4.78 is 0. The molecule has 112 valence electrons. The predicted molar refractivity (Wildman–Crippen MR) is 85.1 cm³/mol. The van der Waals surface area contributed by atoms with Crippen LogP contribution in [0.5, 0.6) is 11.5 Å². The van der Waals surface area contributed by atoms with E-state index in [2.05, 4.69) is 4.90 Å². The molecule has 0 unspecified atom stereocenters. The molecular weight excluding hydrogens is 266 g/mol. The maximum atomic E-state index is 9.91. The molecule has 0 saturated carbocycles. The minimum atomic E-state index is 0.0344. The lowest BCUT2D eigenvalue weighted by Gasteiger charge is -2.18. The van der Waals surface area contributed by atoms with Gasteiger partial charge in [-0.3, -0.25) is 0 Å². The Labute approximate surface area is 124 Å². The molecule has 0 saturated heterocycles. The second kappa shape index (κ2) is 6.37. The Morgan fingerprint density at radius 1 is 1.05 bits per heavy atom. The highest BCUT2D eigenvalue weighted by Crippen LogP contribution is 2.30. The van der Waals surface area contributed by atoms with Crippen molar-refractivity contribution in [3.8, 4) is 11.5 Å². The molecule has 6 N–H and O–H groups in total. The van der Waals surface area contributed by atoms with Gasteiger partial charge in [-0.05, 0) is 37.2 Å². The van der Waals surface area contributed by atoms with Gasteiger partial charge in [-0.15, -0.1) is 0 Å². The van der Waals surface area contributed by atoms with Gasteiger partial charge in [-0.2, -0.15) is 0 Å². The van der Waals surface area contributed by atoms with Crippen molar-refractivity contribution in [2.45, 2.75) is 13.0 Å². The Bertz CT molecular complexity index is 612. The highest BCUT2D eigenvalue weighted by atomic mass is 16.3. The van der Waals surface area contributed by atoms with E-state index in [1.165, 1.54) is 17.7 Å². The van der Waals surface area contributed by atoms with Gasteiger partial charge in [0.2, 0.25) is 0 Å². The third kappa shape index (κ3) is 4.03. The van der Waals surface area contributed by atoms with Crippen molar-refractivity contribution >= 4 is 11.4 Å². The van der Waals surface area contributed by atoms with Crippen molar-refractivity contribution in [2.24, 2.45) is 0 Å². The van der Waals surface area contributed by atoms with Gasteiger partial charge in [0.15, 0.2) is 0 Å². The molecule has 0 fully saturated rings. The standard InChI is InChI=1S/C16H21N3O2/c1-19(7-6-11-2-4-13(17)5-3-11)10-12-8-14(20)9-15(18)16(12)21/h2-5,8-9,20-21H,6-7,10,17-18H2,1H3. The Kier molecular flexibility index (Phi) is 4.55. The third-order valence-corrected chi connectivity index (χ3v) is 3.41. The maximum Gasteiger partial charge on any atom is 0.143 e. The number of aromatic hydroxyl groups is 2. The van der Waals surface area contributed by atoms with E-state index in [4.69, 9.17) is 11.5 Å². The molecule has 0 amide bonds. The Morgan fingerprint density at radius 2 is 1.71 bits per heavy atom. The summed E-state index contributed by atoms with van der Waals surface area (Å²) in [7, 11) is 1.96. The third-order valence-electron chi connectivity index (χ3n) is 3.41. The average Bonchev–Trinajstić information content (AvgIpc) is 2.43. The van der Waals surface area contributed by atoms with Crippen LogP contribution in [0, 0.1) is 0 Å². The Balaban J connectivity index is 1.95. The zero-order valence-electron chi connectivity index (χ0n) is 12.1. The molecule has 5 nitrogen and oxygen atoms in total. The van der Waals surface area contributed by atoms with E-state index in [1.54, 1.807) is 0 Å². The smallest absolute Gasteiger partial charge is 0.143 e. The summed E-state index contributed by atoms with van der Waals surface area (Å²) in [5.41, 5.74) is 14.1. The van der Waals surface area contributed by atoms with Gasteiger partial charge < -0.3 is 26.6 Å². The highest BCUT2D eigenvalue weighted by molar-refractivity contribution is 5.59. The summed E-state index contributed by atoms with van der Waals surface area (Å²) in [6.07, 6.45) is 0.881. The zero-order chi connectivity index (χ0) is 15.4. The number of hydrogen-bond donors (Lipinski definition) is 4. The van der Waals surface area contributed by atoms with Gasteiger partial charge in [0.05, 0.1) is 5.69 Å². The second-order valence-corrected chi connectivity index (χ2v) is 5.27. The maximum absolute atomic E-state index is 9.91. The fraction of sp³-hybridized carbons (Fsp3) is 0.250. The summed E-state index contributed by atoms with van der Waals surface area (Å²) in [4.78, 5) is 2.06. The van der Waals surface area contributed by atoms with Gasteiger partial charge in [-0.25, -0.2) is 0 Å². The number of hydrogen-bond acceptors (Lipinski definition) is 5. The molecule has 0 aliphatic rings. The lowest BCUT2D eigenvalue weighted by Crippen LogP contribution is -2.20. The quantitative estimate of drug-likeness (QED) is 0.383. The summed E-state index contributed by atoms with van der Waals surface area (Å²) in [5.74, 6) is 0.0966. The normalized spacial score (nSPS) is 11.0. The van der Waals surface area contributed by atoms with E-state index < -0.39 is 0 Å². The van der Waals surface area contributed by atoms with Crippen molar-refractivity contribution in [2.75, 3.05) is 25.1 Å². The number of anilines is 2. The minimum absolute atomic E-state index is 0.0344. The average molecular weight is 287 g/mol. The molecule has 0 atom stereocenters. The van der Waals surface area contributed by atoms with Gasteiger partial charge >= 0.3 is 0 Å². The minimum Gasteiger partial charge on any atom is -0.508 e. The number of nitrogens with two attached hydrogens (primary N) is 2. The zero-order valence-corrected chi connectivity index (χ0v) is 12.1.